The van der Waals surface area contributed by atoms with Crippen molar-refractivity contribution in [3.8, 4) is 0 Å². The van der Waals surface area contributed by atoms with E-state index >= 15 is 0 Å². The lowest BCUT2D eigenvalue weighted by atomic mass is 10.1. The van der Waals surface area contributed by atoms with E-state index in [1.165, 1.54) is 19.5 Å². The summed E-state index contributed by atoms with van der Waals surface area (Å²) in [4.78, 5) is 2.47. The third-order valence-corrected chi connectivity index (χ3v) is 3.01. The van der Waals surface area contributed by atoms with E-state index in [1.807, 2.05) is 7.05 Å². The lowest BCUT2D eigenvalue weighted by molar-refractivity contribution is 0.00950. The summed E-state index contributed by atoms with van der Waals surface area (Å²) in [5.41, 5.74) is 0. The summed E-state index contributed by atoms with van der Waals surface area (Å²) in [5, 5.41) is 3.24. The highest BCUT2D eigenvalue weighted by atomic mass is 16.5. The topological polar surface area (TPSA) is 33.7 Å². The minimum absolute atomic E-state index is 0.211. The van der Waals surface area contributed by atoms with Crippen LogP contribution in [0.15, 0.2) is 0 Å². The lowest BCUT2D eigenvalue weighted by Gasteiger charge is -2.22. The van der Waals surface area contributed by atoms with Crippen molar-refractivity contribution in [3.05, 3.63) is 0 Å². The third kappa shape index (κ3) is 4.47. The van der Waals surface area contributed by atoms with Crippen molar-refractivity contribution in [3.63, 3.8) is 0 Å². The molecule has 90 valence electrons. The van der Waals surface area contributed by atoms with Gasteiger partial charge in [0.2, 0.25) is 0 Å². The number of methoxy groups -OCH3 is 2. The van der Waals surface area contributed by atoms with E-state index in [4.69, 9.17) is 9.47 Å². The van der Waals surface area contributed by atoms with Crippen LogP contribution >= 0.6 is 0 Å². The molecule has 15 heavy (non-hydrogen) atoms. The SMILES string of the molecule is CNCC1CCN(CC(COC)OC)C1. The molecule has 2 unspecified atom stereocenters. The van der Waals surface area contributed by atoms with E-state index in [0.717, 1.165) is 19.0 Å². The standard InChI is InChI=1S/C11H24N2O2/c1-12-6-10-4-5-13(7-10)8-11(15-3)9-14-2/h10-12H,4-9H2,1-3H3. The molecule has 1 heterocycles. The Balaban J connectivity index is 2.21. The number of nitrogens with one attached hydrogen (secondary N) is 1. The van der Waals surface area contributed by atoms with Gasteiger partial charge in [0.25, 0.3) is 0 Å². The highest BCUT2D eigenvalue weighted by Gasteiger charge is 2.23. The highest BCUT2D eigenvalue weighted by Crippen LogP contribution is 2.15. The Bertz CT molecular complexity index is 167. The average molecular weight is 216 g/mol. The van der Waals surface area contributed by atoms with Gasteiger partial charge in [-0.3, -0.25) is 0 Å². The van der Waals surface area contributed by atoms with Gasteiger partial charge in [-0.2, -0.15) is 0 Å². The van der Waals surface area contributed by atoms with Crippen molar-refractivity contribution < 1.29 is 9.47 Å². The van der Waals surface area contributed by atoms with E-state index in [9.17, 15) is 0 Å². The first-order valence-corrected chi connectivity index (χ1v) is 5.68. The molecule has 4 nitrogen and oxygen atoms in total. The van der Waals surface area contributed by atoms with Crippen molar-refractivity contribution >= 4 is 0 Å². The number of likely N-dealkylation sites (tertiary alicyclic amines) is 1. The van der Waals surface area contributed by atoms with Crippen LogP contribution in [0, 0.1) is 5.92 Å². The third-order valence-electron chi connectivity index (χ3n) is 3.01. The summed E-state index contributed by atoms with van der Waals surface area (Å²) < 4.78 is 10.5. The Hall–Kier alpha value is -0.160. The molecule has 1 N–H and O–H groups in total. The summed E-state index contributed by atoms with van der Waals surface area (Å²) >= 11 is 0. The minimum Gasteiger partial charge on any atom is -0.382 e. The molecule has 2 atom stereocenters. The zero-order chi connectivity index (χ0) is 11.1. The van der Waals surface area contributed by atoms with Crippen molar-refractivity contribution in [2.75, 3.05) is 54.1 Å². The number of hydrogen-bond acceptors (Lipinski definition) is 4. The van der Waals surface area contributed by atoms with Crippen molar-refractivity contribution in [1.29, 1.82) is 0 Å². The normalized spacial score (nSPS) is 24.6. The Morgan fingerprint density at radius 2 is 2.27 bits per heavy atom. The molecule has 0 spiro atoms. The Labute approximate surface area is 92.9 Å². The predicted molar refractivity (Wildman–Crippen MR) is 61.1 cm³/mol. The Morgan fingerprint density at radius 1 is 1.47 bits per heavy atom. The van der Waals surface area contributed by atoms with Gasteiger partial charge in [0.15, 0.2) is 0 Å². The molecule has 0 amide bonds. The number of hydrogen-bond donors (Lipinski definition) is 1. The first kappa shape index (κ1) is 12.9. The quantitative estimate of drug-likeness (QED) is 0.659. The number of rotatable bonds is 7. The second-order valence-electron chi connectivity index (χ2n) is 4.29. The maximum Gasteiger partial charge on any atom is 0.0931 e. The molecular formula is C11H24N2O2. The van der Waals surface area contributed by atoms with E-state index in [2.05, 4.69) is 10.2 Å². The zero-order valence-corrected chi connectivity index (χ0v) is 10.2. The summed E-state index contributed by atoms with van der Waals surface area (Å²) in [6.45, 7) is 5.17. The van der Waals surface area contributed by atoms with E-state index in [1.54, 1.807) is 14.2 Å². The second kappa shape index (κ2) is 7.17. The van der Waals surface area contributed by atoms with Crippen LogP contribution in [0.3, 0.4) is 0 Å². The van der Waals surface area contributed by atoms with Gasteiger partial charge in [0.05, 0.1) is 12.7 Å². The summed E-state index contributed by atoms with van der Waals surface area (Å²) in [6, 6.07) is 0. The van der Waals surface area contributed by atoms with Crippen LogP contribution in [0.25, 0.3) is 0 Å². The molecule has 1 aliphatic rings. The van der Waals surface area contributed by atoms with Gasteiger partial charge in [-0.15, -0.1) is 0 Å². The fourth-order valence-electron chi connectivity index (χ4n) is 2.20. The van der Waals surface area contributed by atoms with Gasteiger partial charge >= 0.3 is 0 Å². The molecule has 0 radical (unpaired) electrons. The molecule has 0 aromatic carbocycles. The van der Waals surface area contributed by atoms with Crippen molar-refractivity contribution in [2.45, 2.75) is 12.5 Å². The molecule has 1 fully saturated rings. The fourth-order valence-corrected chi connectivity index (χ4v) is 2.20. The summed E-state index contributed by atoms with van der Waals surface area (Å²) in [5.74, 6) is 0.801. The molecule has 1 rings (SSSR count). The smallest absolute Gasteiger partial charge is 0.0931 e. The second-order valence-corrected chi connectivity index (χ2v) is 4.29. The molecule has 0 saturated carbocycles. The van der Waals surface area contributed by atoms with Crippen LogP contribution in [-0.4, -0.2) is 65.1 Å². The van der Waals surface area contributed by atoms with Crippen molar-refractivity contribution in [1.82, 2.24) is 10.2 Å². The molecule has 1 aliphatic heterocycles. The van der Waals surface area contributed by atoms with E-state index in [-0.39, 0.29) is 6.10 Å². The minimum atomic E-state index is 0.211. The predicted octanol–water partition coefficient (Wildman–Crippen LogP) is 0.189. The lowest BCUT2D eigenvalue weighted by Crippen LogP contribution is -2.35. The molecule has 4 heteroatoms. The van der Waals surface area contributed by atoms with Gasteiger partial charge in [0.1, 0.15) is 0 Å². The maximum absolute atomic E-state index is 5.37. The van der Waals surface area contributed by atoms with Crippen LogP contribution < -0.4 is 5.32 Å². The van der Waals surface area contributed by atoms with Crippen LogP contribution in [0.1, 0.15) is 6.42 Å². The molecule has 0 aromatic rings. The fraction of sp³-hybridized carbons (Fsp3) is 1.00. The summed E-state index contributed by atoms with van der Waals surface area (Å²) in [6.07, 6.45) is 1.51. The summed E-state index contributed by atoms with van der Waals surface area (Å²) in [7, 11) is 5.50. The maximum atomic E-state index is 5.37. The van der Waals surface area contributed by atoms with Gasteiger partial charge in [0, 0.05) is 27.3 Å². The average Bonchev–Trinajstić information content (AvgIpc) is 2.66. The van der Waals surface area contributed by atoms with Gasteiger partial charge in [-0.25, -0.2) is 0 Å². The molecular weight excluding hydrogens is 192 g/mol. The Morgan fingerprint density at radius 3 is 2.87 bits per heavy atom. The number of ether oxygens (including phenoxy) is 2. The Kier molecular flexibility index (Phi) is 6.17. The van der Waals surface area contributed by atoms with Gasteiger partial charge in [-0.05, 0) is 32.5 Å². The van der Waals surface area contributed by atoms with Gasteiger partial charge < -0.3 is 19.7 Å². The van der Waals surface area contributed by atoms with E-state index in [0.29, 0.717) is 6.61 Å². The molecule has 0 aliphatic carbocycles. The largest absolute Gasteiger partial charge is 0.382 e. The molecule has 1 saturated heterocycles. The first-order valence-electron chi connectivity index (χ1n) is 5.68. The van der Waals surface area contributed by atoms with Crippen LogP contribution in [-0.2, 0) is 9.47 Å². The highest BCUT2D eigenvalue weighted by molar-refractivity contribution is 4.78. The monoisotopic (exact) mass is 216 g/mol. The van der Waals surface area contributed by atoms with Crippen LogP contribution in [0.5, 0.6) is 0 Å². The molecule has 0 aromatic heterocycles. The molecule has 0 bridgehead atoms. The zero-order valence-electron chi connectivity index (χ0n) is 10.2. The van der Waals surface area contributed by atoms with E-state index < -0.39 is 0 Å². The number of nitrogens with zero attached hydrogens (tertiary/aromatic N) is 1. The van der Waals surface area contributed by atoms with Crippen LogP contribution in [0.4, 0.5) is 0 Å². The van der Waals surface area contributed by atoms with Gasteiger partial charge in [-0.1, -0.05) is 0 Å². The first-order chi connectivity index (χ1) is 7.30. The van der Waals surface area contributed by atoms with Crippen molar-refractivity contribution in [2.24, 2.45) is 5.92 Å². The van der Waals surface area contributed by atoms with Crippen LogP contribution in [0.2, 0.25) is 0 Å².